The Hall–Kier alpha value is -0.670. The highest BCUT2D eigenvalue weighted by molar-refractivity contribution is 6.31. The van der Waals surface area contributed by atoms with Crippen molar-refractivity contribution in [2.24, 2.45) is 0 Å². The molecule has 0 aliphatic carbocycles. The number of alkyl halides is 5. The second kappa shape index (κ2) is 4.68. The van der Waals surface area contributed by atoms with Crippen LogP contribution in [0.4, 0.5) is 13.2 Å². The molecule has 0 fully saturated rings. The molecule has 1 aromatic rings. The summed E-state index contributed by atoms with van der Waals surface area (Å²) >= 11 is 11.7. The molecule has 5 heteroatoms. The Kier molecular flexibility index (Phi) is 3.92. The van der Waals surface area contributed by atoms with E-state index >= 15 is 0 Å². The van der Waals surface area contributed by atoms with Crippen molar-refractivity contribution in [3.05, 3.63) is 48.0 Å². The van der Waals surface area contributed by atoms with Gasteiger partial charge in [-0.15, -0.1) is 29.8 Å². The maximum Gasteiger partial charge on any atom is 0.416 e. The minimum absolute atomic E-state index is 0.0451. The van der Waals surface area contributed by atoms with E-state index in [1.54, 1.807) is 0 Å². The number of rotatable bonds is 3. The van der Waals surface area contributed by atoms with Gasteiger partial charge in [0.05, 0.1) is 5.56 Å². The Morgan fingerprint density at radius 1 is 1.12 bits per heavy atom. The van der Waals surface area contributed by atoms with Crippen LogP contribution in [-0.4, -0.2) is 5.88 Å². The molecule has 0 bridgehead atoms. The van der Waals surface area contributed by atoms with Crippen molar-refractivity contribution in [2.45, 2.75) is 11.1 Å². The van der Waals surface area contributed by atoms with Gasteiger partial charge in [0.2, 0.25) is 0 Å². The molecule has 0 aliphatic heterocycles. The van der Waals surface area contributed by atoms with E-state index in [4.69, 9.17) is 23.2 Å². The van der Waals surface area contributed by atoms with Crippen molar-refractivity contribution in [1.29, 1.82) is 0 Å². The van der Waals surface area contributed by atoms with Crippen LogP contribution in [0, 0.1) is 0 Å². The fourth-order valence-electron chi connectivity index (χ4n) is 1.19. The third kappa shape index (κ3) is 2.71. The van der Waals surface area contributed by atoms with Crippen LogP contribution >= 0.6 is 23.2 Å². The van der Waals surface area contributed by atoms with Crippen LogP contribution in [0.25, 0.3) is 0 Å². The molecule has 0 amide bonds. The first-order chi connectivity index (χ1) is 7.33. The molecule has 0 heterocycles. The highest BCUT2D eigenvalue weighted by Gasteiger charge is 2.31. The SMILES string of the molecule is C=C[C@@](Cl)(CCl)c1ccc(C(F)(F)F)cc1. The van der Waals surface area contributed by atoms with Gasteiger partial charge >= 0.3 is 6.18 Å². The Morgan fingerprint density at radius 3 is 1.88 bits per heavy atom. The molecule has 1 aromatic carbocycles. The molecule has 0 saturated heterocycles. The molecule has 0 saturated carbocycles. The lowest BCUT2D eigenvalue weighted by Gasteiger charge is -2.20. The first-order valence-electron chi connectivity index (χ1n) is 4.40. The average Bonchev–Trinajstić information content (AvgIpc) is 2.27. The third-order valence-electron chi connectivity index (χ3n) is 2.21. The molecule has 0 nitrogen and oxygen atoms in total. The van der Waals surface area contributed by atoms with Gasteiger partial charge in [-0.3, -0.25) is 0 Å². The van der Waals surface area contributed by atoms with Crippen LogP contribution < -0.4 is 0 Å². The number of benzene rings is 1. The van der Waals surface area contributed by atoms with E-state index < -0.39 is 16.6 Å². The van der Waals surface area contributed by atoms with E-state index in [0.29, 0.717) is 5.56 Å². The monoisotopic (exact) mass is 268 g/mol. The number of allylic oxidation sites excluding steroid dienone is 1. The zero-order valence-electron chi connectivity index (χ0n) is 8.19. The number of hydrogen-bond acceptors (Lipinski definition) is 0. The van der Waals surface area contributed by atoms with Crippen molar-refractivity contribution < 1.29 is 13.2 Å². The molecule has 0 aliphatic rings. The summed E-state index contributed by atoms with van der Waals surface area (Å²) in [6, 6.07) is 4.56. The van der Waals surface area contributed by atoms with E-state index in [2.05, 4.69) is 6.58 Å². The van der Waals surface area contributed by atoms with Gasteiger partial charge in [-0.1, -0.05) is 18.2 Å². The van der Waals surface area contributed by atoms with Crippen LogP contribution in [0.3, 0.4) is 0 Å². The van der Waals surface area contributed by atoms with Crippen LogP contribution in [0.2, 0.25) is 0 Å². The van der Waals surface area contributed by atoms with Crippen LogP contribution in [0.1, 0.15) is 11.1 Å². The smallest absolute Gasteiger partial charge is 0.166 e. The molecule has 0 spiro atoms. The van der Waals surface area contributed by atoms with Gasteiger partial charge in [-0.25, -0.2) is 0 Å². The van der Waals surface area contributed by atoms with E-state index in [1.807, 2.05) is 0 Å². The Labute approximate surface area is 102 Å². The zero-order chi connectivity index (χ0) is 12.4. The summed E-state index contributed by atoms with van der Waals surface area (Å²) in [4.78, 5) is -1.02. The van der Waals surface area contributed by atoms with Crippen LogP contribution in [-0.2, 0) is 11.1 Å². The van der Waals surface area contributed by atoms with Gasteiger partial charge in [-0.2, -0.15) is 13.2 Å². The van der Waals surface area contributed by atoms with Gasteiger partial charge in [0.25, 0.3) is 0 Å². The maximum atomic E-state index is 12.3. The van der Waals surface area contributed by atoms with Crippen LogP contribution in [0.15, 0.2) is 36.9 Å². The molecular formula is C11H9Cl2F3. The summed E-state index contributed by atoms with van der Waals surface area (Å²) in [5.74, 6) is 0.0451. The summed E-state index contributed by atoms with van der Waals surface area (Å²) < 4.78 is 36.9. The molecule has 16 heavy (non-hydrogen) atoms. The molecule has 0 aromatic heterocycles. The van der Waals surface area contributed by atoms with Crippen molar-refractivity contribution in [1.82, 2.24) is 0 Å². The Bertz CT molecular complexity index is 370. The van der Waals surface area contributed by atoms with E-state index in [0.717, 1.165) is 12.1 Å². The van der Waals surface area contributed by atoms with E-state index in [9.17, 15) is 13.2 Å². The van der Waals surface area contributed by atoms with Crippen molar-refractivity contribution in [3.63, 3.8) is 0 Å². The topological polar surface area (TPSA) is 0 Å². The minimum atomic E-state index is -4.34. The molecule has 0 unspecified atom stereocenters. The standard InChI is InChI=1S/C11H9Cl2F3/c1-2-10(13,7-12)8-3-5-9(6-4-8)11(14,15)16/h2-6H,1,7H2/t10-/m1/s1. The molecule has 88 valence electrons. The number of halogens is 5. The minimum Gasteiger partial charge on any atom is -0.166 e. The lowest BCUT2D eigenvalue weighted by atomic mass is 9.99. The highest BCUT2D eigenvalue weighted by atomic mass is 35.5. The lowest BCUT2D eigenvalue weighted by Crippen LogP contribution is -2.17. The fraction of sp³-hybridized carbons (Fsp3) is 0.273. The quantitative estimate of drug-likeness (QED) is 0.557. The molecule has 0 N–H and O–H groups in total. The fourth-order valence-corrected chi connectivity index (χ4v) is 1.58. The van der Waals surface area contributed by atoms with Crippen LogP contribution in [0.5, 0.6) is 0 Å². The summed E-state index contributed by atoms with van der Waals surface area (Å²) in [6.45, 7) is 3.51. The molecular weight excluding hydrogens is 260 g/mol. The second-order valence-corrected chi connectivity index (χ2v) is 4.22. The van der Waals surface area contributed by atoms with Crippen molar-refractivity contribution >= 4 is 23.2 Å². The first kappa shape index (κ1) is 13.4. The van der Waals surface area contributed by atoms with E-state index in [-0.39, 0.29) is 5.88 Å². The lowest BCUT2D eigenvalue weighted by molar-refractivity contribution is -0.137. The first-order valence-corrected chi connectivity index (χ1v) is 5.31. The molecule has 1 rings (SSSR count). The molecule has 0 radical (unpaired) electrons. The summed E-state index contributed by atoms with van der Waals surface area (Å²) in [7, 11) is 0. The van der Waals surface area contributed by atoms with Gasteiger partial charge in [0.1, 0.15) is 4.87 Å². The predicted molar refractivity (Wildman–Crippen MR) is 59.9 cm³/mol. The van der Waals surface area contributed by atoms with Crippen molar-refractivity contribution in [3.8, 4) is 0 Å². The van der Waals surface area contributed by atoms with Gasteiger partial charge < -0.3 is 0 Å². The number of hydrogen-bond donors (Lipinski definition) is 0. The maximum absolute atomic E-state index is 12.3. The zero-order valence-corrected chi connectivity index (χ0v) is 9.70. The highest BCUT2D eigenvalue weighted by Crippen LogP contribution is 2.34. The average molecular weight is 269 g/mol. The Morgan fingerprint density at radius 2 is 1.56 bits per heavy atom. The van der Waals surface area contributed by atoms with Crippen molar-refractivity contribution in [2.75, 3.05) is 5.88 Å². The largest absolute Gasteiger partial charge is 0.416 e. The second-order valence-electron chi connectivity index (χ2n) is 3.28. The predicted octanol–water partition coefficient (Wildman–Crippen LogP) is 4.56. The molecule has 1 atom stereocenters. The van der Waals surface area contributed by atoms with E-state index in [1.165, 1.54) is 18.2 Å². The summed E-state index contributed by atoms with van der Waals surface area (Å²) in [5.41, 5.74) is -0.221. The normalized spacial score (nSPS) is 15.6. The Balaban J connectivity index is 3.08. The third-order valence-corrected chi connectivity index (χ3v) is 3.27. The van der Waals surface area contributed by atoms with Gasteiger partial charge in [0, 0.05) is 5.88 Å². The summed E-state index contributed by atoms with van der Waals surface area (Å²) in [5, 5.41) is 0. The van der Waals surface area contributed by atoms with Gasteiger partial charge in [-0.05, 0) is 17.7 Å². The van der Waals surface area contributed by atoms with Gasteiger partial charge in [0.15, 0.2) is 0 Å². The summed E-state index contributed by atoms with van der Waals surface area (Å²) in [6.07, 6.45) is -2.94.